The molecule has 0 fully saturated rings. The number of aromatic nitrogens is 2. The van der Waals surface area contributed by atoms with Gasteiger partial charge in [0.05, 0.1) is 15.9 Å². The summed E-state index contributed by atoms with van der Waals surface area (Å²) < 4.78 is 0. The summed E-state index contributed by atoms with van der Waals surface area (Å²) in [6, 6.07) is 3.16. The standard InChI is InChI=1S/C12H12Cl2N2O/c1-12(2,3)11-15-9-7(10(17)16-11)4-6(13)5-8(9)14/h4-5H,1-3H3,(H,15,16,17). The lowest BCUT2D eigenvalue weighted by Crippen LogP contribution is -2.22. The van der Waals surface area contributed by atoms with Crippen molar-refractivity contribution in [1.82, 2.24) is 9.97 Å². The summed E-state index contributed by atoms with van der Waals surface area (Å²) in [5.41, 5.74) is 0.0325. The van der Waals surface area contributed by atoms with Gasteiger partial charge in [-0.1, -0.05) is 44.0 Å². The molecule has 0 aliphatic heterocycles. The fourth-order valence-electron chi connectivity index (χ4n) is 1.52. The van der Waals surface area contributed by atoms with Crippen molar-refractivity contribution >= 4 is 34.1 Å². The van der Waals surface area contributed by atoms with Crippen molar-refractivity contribution in [1.29, 1.82) is 0 Å². The van der Waals surface area contributed by atoms with Gasteiger partial charge in [0.2, 0.25) is 0 Å². The number of fused-ring (bicyclic) bond motifs is 1. The van der Waals surface area contributed by atoms with Crippen molar-refractivity contribution in [3.63, 3.8) is 0 Å². The Bertz CT molecular complexity index is 641. The van der Waals surface area contributed by atoms with Gasteiger partial charge < -0.3 is 4.98 Å². The van der Waals surface area contributed by atoms with Gasteiger partial charge in [-0.2, -0.15) is 0 Å². The molecule has 1 N–H and O–H groups in total. The third-order valence-electron chi connectivity index (χ3n) is 2.44. The van der Waals surface area contributed by atoms with Crippen LogP contribution in [-0.2, 0) is 5.41 Å². The molecule has 0 spiro atoms. The van der Waals surface area contributed by atoms with Crippen LogP contribution in [-0.4, -0.2) is 9.97 Å². The van der Waals surface area contributed by atoms with Crippen LogP contribution in [0.25, 0.3) is 10.9 Å². The van der Waals surface area contributed by atoms with Crippen LogP contribution in [0.4, 0.5) is 0 Å². The average Bonchev–Trinajstić information content (AvgIpc) is 2.17. The summed E-state index contributed by atoms with van der Waals surface area (Å²) in [4.78, 5) is 19.1. The number of rotatable bonds is 0. The Labute approximate surface area is 109 Å². The highest BCUT2D eigenvalue weighted by molar-refractivity contribution is 6.38. The van der Waals surface area contributed by atoms with E-state index in [1.165, 1.54) is 0 Å². The molecule has 2 rings (SSSR count). The lowest BCUT2D eigenvalue weighted by Gasteiger charge is -2.17. The van der Waals surface area contributed by atoms with Gasteiger partial charge in [0.15, 0.2) is 0 Å². The van der Waals surface area contributed by atoms with Crippen LogP contribution in [0, 0.1) is 0 Å². The third-order valence-corrected chi connectivity index (χ3v) is 2.95. The third kappa shape index (κ3) is 2.31. The maximum atomic E-state index is 11.9. The van der Waals surface area contributed by atoms with E-state index in [9.17, 15) is 4.79 Å². The molecule has 17 heavy (non-hydrogen) atoms. The number of benzene rings is 1. The highest BCUT2D eigenvalue weighted by Gasteiger charge is 2.19. The van der Waals surface area contributed by atoms with E-state index in [0.717, 1.165) is 0 Å². The molecule has 0 unspecified atom stereocenters. The van der Waals surface area contributed by atoms with Crippen LogP contribution in [0.3, 0.4) is 0 Å². The summed E-state index contributed by atoms with van der Waals surface area (Å²) in [6.45, 7) is 5.92. The van der Waals surface area contributed by atoms with E-state index in [0.29, 0.717) is 26.8 Å². The first-order valence-corrected chi connectivity index (χ1v) is 5.94. The Hall–Kier alpha value is -1.06. The molecular formula is C12H12Cl2N2O. The van der Waals surface area contributed by atoms with E-state index in [4.69, 9.17) is 23.2 Å². The molecule has 1 heterocycles. The first-order valence-electron chi connectivity index (χ1n) is 5.18. The van der Waals surface area contributed by atoms with Crippen LogP contribution >= 0.6 is 23.2 Å². The fourth-order valence-corrected chi connectivity index (χ4v) is 2.06. The molecule has 5 heteroatoms. The lowest BCUT2D eigenvalue weighted by molar-refractivity contribution is 0.546. The van der Waals surface area contributed by atoms with Gasteiger partial charge in [-0.15, -0.1) is 0 Å². The van der Waals surface area contributed by atoms with Gasteiger partial charge in [-0.25, -0.2) is 4.98 Å². The van der Waals surface area contributed by atoms with Crippen LogP contribution in [0.1, 0.15) is 26.6 Å². The van der Waals surface area contributed by atoms with Gasteiger partial charge in [-0.3, -0.25) is 4.79 Å². The van der Waals surface area contributed by atoms with E-state index in [-0.39, 0.29) is 11.0 Å². The summed E-state index contributed by atoms with van der Waals surface area (Å²) in [7, 11) is 0. The van der Waals surface area contributed by atoms with Crippen LogP contribution < -0.4 is 5.56 Å². The second-order valence-corrected chi connectivity index (χ2v) is 5.79. The van der Waals surface area contributed by atoms with Gasteiger partial charge in [0.25, 0.3) is 5.56 Å². The molecule has 0 aliphatic carbocycles. The highest BCUT2D eigenvalue weighted by atomic mass is 35.5. The molecule has 0 saturated heterocycles. The van der Waals surface area contributed by atoms with Crippen molar-refractivity contribution in [3.8, 4) is 0 Å². The number of halogens is 2. The zero-order valence-corrected chi connectivity index (χ0v) is 11.3. The number of aromatic amines is 1. The first-order chi connectivity index (χ1) is 7.79. The lowest BCUT2D eigenvalue weighted by atomic mass is 9.95. The van der Waals surface area contributed by atoms with Crippen molar-refractivity contribution < 1.29 is 0 Å². The van der Waals surface area contributed by atoms with Crippen molar-refractivity contribution in [2.45, 2.75) is 26.2 Å². The molecular weight excluding hydrogens is 259 g/mol. The van der Waals surface area contributed by atoms with E-state index < -0.39 is 0 Å². The summed E-state index contributed by atoms with van der Waals surface area (Å²) in [6.07, 6.45) is 0. The van der Waals surface area contributed by atoms with Crippen molar-refractivity contribution in [3.05, 3.63) is 38.4 Å². The molecule has 1 aromatic carbocycles. The van der Waals surface area contributed by atoms with Crippen molar-refractivity contribution in [2.75, 3.05) is 0 Å². The zero-order valence-electron chi connectivity index (χ0n) is 9.77. The Morgan fingerprint density at radius 3 is 2.47 bits per heavy atom. The zero-order chi connectivity index (χ0) is 12.8. The van der Waals surface area contributed by atoms with Gasteiger partial charge in [-0.05, 0) is 12.1 Å². The molecule has 0 saturated carbocycles. The van der Waals surface area contributed by atoms with Gasteiger partial charge in [0, 0.05) is 10.4 Å². The number of nitrogens with zero attached hydrogens (tertiary/aromatic N) is 1. The normalized spacial score (nSPS) is 12.1. The smallest absolute Gasteiger partial charge is 0.258 e. The van der Waals surface area contributed by atoms with E-state index in [1.54, 1.807) is 12.1 Å². The predicted octanol–water partition coefficient (Wildman–Crippen LogP) is 3.53. The highest BCUT2D eigenvalue weighted by Crippen LogP contribution is 2.26. The molecule has 1 aromatic heterocycles. The molecule has 2 aromatic rings. The quantitative estimate of drug-likeness (QED) is 0.796. The maximum Gasteiger partial charge on any atom is 0.258 e. The Morgan fingerprint density at radius 2 is 1.88 bits per heavy atom. The fraction of sp³-hybridized carbons (Fsp3) is 0.333. The molecule has 0 bridgehead atoms. The topological polar surface area (TPSA) is 45.8 Å². The minimum absolute atomic E-state index is 0.218. The maximum absolute atomic E-state index is 11.9. The van der Waals surface area contributed by atoms with Crippen molar-refractivity contribution in [2.24, 2.45) is 0 Å². The monoisotopic (exact) mass is 270 g/mol. The minimum Gasteiger partial charge on any atom is -0.310 e. The van der Waals surface area contributed by atoms with E-state index in [1.807, 2.05) is 20.8 Å². The van der Waals surface area contributed by atoms with Crippen LogP contribution in [0.15, 0.2) is 16.9 Å². The minimum atomic E-state index is -0.240. The number of hydrogen-bond acceptors (Lipinski definition) is 2. The largest absolute Gasteiger partial charge is 0.310 e. The number of hydrogen-bond donors (Lipinski definition) is 1. The average molecular weight is 271 g/mol. The summed E-state index contributed by atoms with van der Waals surface area (Å²) in [5, 5.41) is 1.23. The SMILES string of the molecule is CC(C)(C)c1nc2c(Cl)cc(Cl)cc2c(=O)[nH]1. The molecule has 3 nitrogen and oxygen atoms in total. The Morgan fingerprint density at radius 1 is 1.24 bits per heavy atom. The van der Waals surface area contributed by atoms with Gasteiger partial charge >= 0.3 is 0 Å². The molecule has 0 radical (unpaired) electrons. The summed E-state index contributed by atoms with van der Waals surface area (Å²) >= 11 is 11.9. The molecule has 0 amide bonds. The van der Waals surface area contributed by atoms with Gasteiger partial charge in [0.1, 0.15) is 5.82 Å². The summed E-state index contributed by atoms with van der Waals surface area (Å²) in [5.74, 6) is 0.610. The Balaban J connectivity index is 2.88. The molecule has 0 atom stereocenters. The number of H-pyrrole nitrogens is 1. The Kier molecular flexibility index (Phi) is 2.92. The molecule has 0 aliphatic rings. The van der Waals surface area contributed by atoms with E-state index in [2.05, 4.69) is 9.97 Å². The number of nitrogens with one attached hydrogen (secondary N) is 1. The van der Waals surface area contributed by atoms with Crippen LogP contribution in [0.2, 0.25) is 10.0 Å². The molecule has 90 valence electrons. The predicted molar refractivity (Wildman–Crippen MR) is 71.1 cm³/mol. The second kappa shape index (κ2) is 4.00. The van der Waals surface area contributed by atoms with Crippen LogP contribution in [0.5, 0.6) is 0 Å². The second-order valence-electron chi connectivity index (χ2n) is 4.95. The van der Waals surface area contributed by atoms with E-state index >= 15 is 0 Å². The first kappa shape index (κ1) is 12.4.